The van der Waals surface area contributed by atoms with Crippen molar-refractivity contribution in [3.05, 3.63) is 24.3 Å². The second-order valence-corrected chi connectivity index (χ2v) is 18.1. The molecule has 0 aromatic carbocycles. The lowest BCUT2D eigenvalue weighted by atomic mass is 9.35. The smallest absolute Gasteiger partial charge is 0.307 e. The van der Waals surface area contributed by atoms with Gasteiger partial charge in [0.05, 0.1) is 37.9 Å². The quantitative estimate of drug-likeness (QED) is 0.285. The molecule has 5 aliphatic carbocycles. The summed E-state index contributed by atoms with van der Waals surface area (Å²) in [5.74, 6) is 0.970. The number of carboxylic acids is 1. The highest BCUT2D eigenvalue weighted by Crippen LogP contribution is 2.74. The summed E-state index contributed by atoms with van der Waals surface area (Å²) in [5.41, 5.74) is 0.911. The Morgan fingerprint density at radius 1 is 1.11 bits per heavy atom. The number of hydrogen-bond donors (Lipinski definition) is 2. The number of aromatic nitrogens is 3. The first kappa shape index (κ1) is 33.7. The van der Waals surface area contributed by atoms with Crippen LogP contribution in [0.3, 0.4) is 0 Å². The zero-order valence-electron chi connectivity index (χ0n) is 30.3. The van der Waals surface area contributed by atoms with Crippen molar-refractivity contribution in [2.75, 3.05) is 26.9 Å². The Labute approximate surface area is 283 Å². The van der Waals surface area contributed by atoms with Gasteiger partial charge in [0.15, 0.2) is 0 Å². The van der Waals surface area contributed by atoms with Crippen molar-refractivity contribution < 1.29 is 19.4 Å². The predicted octanol–water partition coefficient (Wildman–Crippen LogP) is 7.33. The minimum atomic E-state index is -0.598. The van der Waals surface area contributed by atoms with Crippen LogP contribution in [0.25, 0.3) is 0 Å². The Morgan fingerprint density at radius 3 is 2.53 bits per heavy atom. The van der Waals surface area contributed by atoms with E-state index in [1.54, 1.807) is 11.9 Å². The number of nitrogens with one attached hydrogen (secondary N) is 1. The van der Waals surface area contributed by atoms with E-state index in [0.717, 1.165) is 71.2 Å². The van der Waals surface area contributed by atoms with Crippen LogP contribution in [0.15, 0.2) is 24.3 Å². The van der Waals surface area contributed by atoms with E-state index in [-0.39, 0.29) is 45.3 Å². The van der Waals surface area contributed by atoms with Gasteiger partial charge in [0, 0.05) is 16.9 Å². The van der Waals surface area contributed by atoms with Gasteiger partial charge in [0.1, 0.15) is 12.7 Å². The van der Waals surface area contributed by atoms with Crippen molar-refractivity contribution >= 4 is 5.97 Å². The summed E-state index contributed by atoms with van der Waals surface area (Å²) in [6.45, 7) is 16.2. The highest BCUT2D eigenvalue weighted by Gasteiger charge is 2.70. The Balaban J connectivity index is 1.26. The molecule has 0 radical (unpaired) electrons. The summed E-state index contributed by atoms with van der Waals surface area (Å²) in [5, 5.41) is 19.4. The van der Waals surface area contributed by atoms with Gasteiger partial charge in [-0.2, -0.15) is 5.10 Å². The lowest BCUT2D eigenvalue weighted by molar-refractivity contribution is -0.219. The van der Waals surface area contributed by atoms with Crippen molar-refractivity contribution in [2.24, 2.45) is 57.2 Å². The Kier molecular flexibility index (Phi) is 8.56. The summed E-state index contributed by atoms with van der Waals surface area (Å²) >= 11 is 0. The predicted molar refractivity (Wildman–Crippen MR) is 183 cm³/mol. The number of rotatable bonds is 8. The normalized spacial score (nSPS) is 44.9. The molecule has 2 bridgehead atoms. The second-order valence-electron chi connectivity index (χ2n) is 18.1. The summed E-state index contributed by atoms with van der Waals surface area (Å²) in [7, 11) is 2.11. The fourth-order valence-electron chi connectivity index (χ4n) is 13.0. The first-order valence-electron chi connectivity index (χ1n) is 19.0. The molecule has 1 saturated heterocycles. The van der Waals surface area contributed by atoms with Gasteiger partial charge in [-0.15, -0.1) is 0 Å². The Hall–Kier alpha value is -1.77. The number of aliphatic carboxylic acids is 1. The Bertz CT molecular complexity index is 1340. The highest BCUT2D eigenvalue weighted by atomic mass is 16.5. The number of likely N-dealkylation sites (N-methyl/N-ethyl adjacent to an activating group) is 1. The van der Waals surface area contributed by atoms with Gasteiger partial charge in [-0.3, -0.25) is 4.79 Å². The van der Waals surface area contributed by atoms with Gasteiger partial charge in [-0.25, -0.2) is 9.67 Å². The maximum atomic E-state index is 13.4. The largest absolute Gasteiger partial charge is 0.481 e. The van der Waals surface area contributed by atoms with E-state index in [1.807, 2.05) is 6.33 Å². The first-order valence-corrected chi connectivity index (χ1v) is 19.0. The van der Waals surface area contributed by atoms with Gasteiger partial charge in [0.2, 0.25) is 0 Å². The van der Waals surface area contributed by atoms with Crippen LogP contribution in [-0.4, -0.2) is 64.4 Å². The molecule has 8 heteroatoms. The van der Waals surface area contributed by atoms with Crippen LogP contribution in [-0.2, 0) is 14.3 Å². The second kappa shape index (κ2) is 11.9. The average Bonchev–Trinajstić information content (AvgIpc) is 3.59. The van der Waals surface area contributed by atoms with E-state index < -0.39 is 5.97 Å². The van der Waals surface area contributed by atoms with Crippen LogP contribution in [0.5, 0.6) is 0 Å². The maximum Gasteiger partial charge on any atom is 0.307 e. The van der Waals surface area contributed by atoms with Crippen molar-refractivity contribution in [2.45, 2.75) is 130 Å². The van der Waals surface area contributed by atoms with Gasteiger partial charge in [-0.05, 0) is 98.3 Å². The highest BCUT2D eigenvalue weighted by molar-refractivity contribution is 5.73. The molecule has 1 aromatic heterocycles. The molecular formula is C39H62N4O4. The minimum Gasteiger partial charge on any atom is -0.481 e. The third kappa shape index (κ3) is 4.87. The summed E-state index contributed by atoms with van der Waals surface area (Å²) < 4.78 is 15.9. The van der Waals surface area contributed by atoms with Crippen LogP contribution < -0.4 is 5.32 Å². The van der Waals surface area contributed by atoms with Gasteiger partial charge in [0.25, 0.3) is 0 Å². The monoisotopic (exact) mass is 650 g/mol. The van der Waals surface area contributed by atoms with Crippen LogP contribution in [0, 0.1) is 57.2 Å². The molecule has 4 saturated carbocycles. The van der Waals surface area contributed by atoms with E-state index >= 15 is 0 Å². The molecule has 47 heavy (non-hydrogen) atoms. The molecule has 7 rings (SSSR count). The molecule has 1 aromatic rings. The zero-order valence-corrected chi connectivity index (χ0v) is 30.3. The molecule has 8 nitrogen and oxygen atoms in total. The first-order chi connectivity index (χ1) is 22.4. The molecule has 5 fully saturated rings. The van der Waals surface area contributed by atoms with E-state index in [0.29, 0.717) is 29.6 Å². The molecule has 11 atom stereocenters. The molecular weight excluding hydrogens is 588 g/mol. The lowest BCUT2D eigenvalue weighted by Gasteiger charge is -2.70. The van der Waals surface area contributed by atoms with Crippen LogP contribution >= 0.6 is 0 Å². The number of carboxylic acid groups (broad SMARTS) is 1. The maximum absolute atomic E-state index is 13.4. The fourth-order valence-corrected chi connectivity index (χ4v) is 13.0. The Morgan fingerprint density at radius 2 is 1.87 bits per heavy atom. The van der Waals surface area contributed by atoms with Gasteiger partial charge >= 0.3 is 5.97 Å². The van der Waals surface area contributed by atoms with Gasteiger partial charge < -0.3 is 19.9 Å². The number of nitrogens with zero attached hydrogens (tertiary/aromatic N) is 3. The molecule has 0 spiro atoms. The number of hydrogen-bond acceptors (Lipinski definition) is 6. The molecule has 0 amide bonds. The van der Waals surface area contributed by atoms with Crippen molar-refractivity contribution in [1.29, 1.82) is 0 Å². The van der Waals surface area contributed by atoms with Crippen LogP contribution in [0.4, 0.5) is 0 Å². The standard InChI is InChI=1S/C39H62N4O4/c1-25(2)26(3)35(4)17-18-36(5)29-12-11-28-27-20-46-22-39(28,30(29)13-16-37(36,6)33(35)34(44)45)19-31(43-24-41-23-42-43)32(27)47-21-38(40-7)14-9-8-10-15-38/h13,23-29,31-33,40H,8-12,14-22H2,1-7H3,(H,44,45)/t26-,27-,28+,29+,31-,32-,33-,35-,36-,37+,39-/m1/s1. The molecule has 2 N–H and O–H groups in total. The van der Waals surface area contributed by atoms with Crippen LogP contribution in [0.2, 0.25) is 0 Å². The average molecular weight is 651 g/mol. The topological polar surface area (TPSA) is 98.5 Å². The SMILES string of the molecule is CNC1(CO[C@@H]2[C@@H]3COC[C@@]4(C[C@H]2n2cncn2)C2=CC[C@@]5(C)[C@H](C(=O)O)[C@@](C)([C@H](C)C(C)C)CC[C@]5(C)[C@H]2CC[C@@H]34)CCCCC1. The molecule has 1 aliphatic heterocycles. The molecule has 2 heterocycles. The summed E-state index contributed by atoms with van der Waals surface area (Å²) in [6.07, 6.45) is 18.4. The minimum absolute atomic E-state index is 0.0215. The number of allylic oxidation sites excluding steroid dienone is 1. The summed E-state index contributed by atoms with van der Waals surface area (Å²) in [6, 6.07) is 0.0919. The molecule has 6 aliphatic rings. The van der Waals surface area contributed by atoms with Crippen molar-refractivity contribution in [3.63, 3.8) is 0 Å². The third-order valence-electron chi connectivity index (χ3n) is 16.2. The van der Waals surface area contributed by atoms with E-state index in [4.69, 9.17) is 14.6 Å². The van der Waals surface area contributed by atoms with E-state index in [1.165, 1.54) is 19.3 Å². The van der Waals surface area contributed by atoms with Gasteiger partial charge in [-0.1, -0.05) is 72.5 Å². The number of ether oxygens (including phenoxy) is 2. The van der Waals surface area contributed by atoms with Crippen molar-refractivity contribution in [1.82, 2.24) is 20.1 Å². The molecule has 0 unspecified atom stereocenters. The lowest BCUT2D eigenvalue weighted by Crippen LogP contribution is -2.66. The zero-order chi connectivity index (χ0) is 33.4. The fraction of sp³-hybridized carbons (Fsp3) is 0.872. The van der Waals surface area contributed by atoms with E-state index in [9.17, 15) is 9.90 Å². The van der Waals surface area contributed by atoms with E-state index in [2.05, 4.69) is 69.6 Å². The molecule has 262 valence electrons. The number of carbonyl (C=O) groups is 1. The summed E-state index contributed by atoms with van der Waals surface area (Å²) in [4.78, 5) is 17.8. The number of fused-ring (bicyclic) bond motifs is 3. The van der Waals surface area contributed by atoms with Crippen molar-refractivity contribution in [3.8, 4) is 0 Å². The third-order valence-corrected chi connectivity index (χ3v) is 16.2. The van der Waals surface area contributed by atoms with Crippen LogP contribution in [0.1, 0.15) is 118 Å².